The Labute approximate surface area is 107 Å². The van der Waals surface area contributed by atoms with Gasteiger partial charge in [0, 0.05) is 25.0 Å². The van der Waals surface area contributed by atoms with Gasteiger partial charge in [-0.2, -0.15) is 0 Å². The molecule has 4 heteroatoms. The van der Waals surface area contributed by atoms with Gasteiger partial charge in [-0.3, -0.25) is 9.88 Å². The Balaban J connectivity index is 2.08. The lowest BCUT2D eigenvalue weighted by atomic mass is 9.97. The second kappa shape index (κ2) is 5.80. The van der Waals surface area contributed by atoms with Crippen LogP contribution in [-0.4, -0.2) is 33.7 Å². The van der Waals surface area contributed by atoms with E-state index < -0.39 is 0 Å². The van der Waals surface area contributed by atoms with E-state index in [1.165, 1.54) is 12.8 Å². The standard InChI is InChI=1S/C13H19ClN2O/c1-10(17)13-4-2-3-7-16(13)9-11-5-6-15-8-12(11)14/h5-6,8,10,13,17H,2-4,7,9H2,1H3. The Morgan fingerprint density at radius 3 is 3.12 bits per heavy atom. The van der Waals surface area contributed by atoms with Gasteiger partial charge in [0.1, 0.15) is 0 Å². The molecule has 3 nitrogen and oxygen atoms in total. The van der Waals surface area contributed by atoms with Crippen LogP contribution in [0.15, 0.2) is 18.5 Å². The maximum atomic E-state index is 9.81. The summed E-state index contributed by atoms with van der Waals surface area (Å²) in [5.74, 6) is 0. The topological polar surface area (TPSA) is 36.4 Å². The predicted molar refractivity (Wildman–Crippen MR) is 69.0 cm³/mol. The van der Waals surface area contributed by atoms with E-state index >= 15 is 0 Å². The molecule has 0 radical (unpaired) electrons. The average Bonchev–Trinajstić information content (AvgIpc) is 2.32. The molecule has 0 bridgehead atoms. The summed E-state index contributed by atoms with van der Waals surface area (Å²) in [6, 6.07) is 2.21. The predicted octanol–water partition coefficient (Wildman–Crippen LogP) is 2.47. The first-order valence-electron chi connectivity index (χ1n) is 6.19. The number of halogens is 1. The number of hydrogen-bond donors (Lipinski definition) is 1. The van der Waals surface area contributed by atoms with E-state index in [-0.39, 0.29) is 12.1 Å². The summed E-state index contributed by atoms with van der Waals surface area (Å²) >= 11 is 6.12. The van der Waals surface area contributed by atoms with Crippen LogP contribution in [0.25, 0.3) is 0 Å². The molecule has 0 aromatic carbocycles. The second-order valence-electron chi connectivity index (χ2n) is 4.74. The van der Waals surface area contributed by atoms with E-state index in [0.29, 0.717) is 5.02 Å². The van der Waals surface area contributed by atoms with Crippen LogP contribution in [-0.2, 0) is 6.54 Å². The van der Waals surface area contributed by atoms with Gasteiger partial charge in [-0.15, -0.1) is 0 Å². The fourth-order valence-corrected chi connectivity index (χ4v) is 2.69. The van der Waals surface area contributed by atoms with Crippen molar-refractivity contribution >= 4 is 11.6 Å². The van der Waals surface area contributed by atoms with Crippen molar-refractivity contribution in [3.63, 3.8) is 0 Å². The zero-order valence-electron chi connectivity index (χ0n) is 10.1. The van der Waals surface area contributed by atoms with Crippen molar-refractivity contribution in [2.75, 3.05) is 6.54 Å². The summed E-state index contributed by atoms with van der Waals surface area (Å²) in [6.07, 6.45) is 6.64. The maximum Gasteiger partial charge on any atom is 0.0667 e. The highest BCUT2D eigenvalue weighted by atomic mass is 35.5. The van der Waals surface area contributed by atoms with Gasteiger partial charge in [0.15, 0.2) is 0 Å². The van der Waals surface area contributed by atoms with Gasteiger partial charge in [0.2, 0.25) is 0 Å². The van der Waals surface area contributed by atoms with Crippen LogP contribution in [0.2, 0.25) is 5.02 Å². The summed E-state index contributed by atoms with van der Waals surface area (Å²) in [4.78, 5) is 6.32. The number of aromatic nitrogens is 1. The van der Waals surface area contributed by atoms with E-state index in [4.69, 9.17) is 11.6 Å². The number of rotatable bonds is 3. The molecule has 1 aliphatic heterocycles. The molecule has 2 atom stereocenters. The molecule has 2 rings (SSSR count). The molecule has 0 spiro atoms. The number of piperidine rings is 1. The summed E-state index contributed by atoms with van der Waals surface area (Å²) in [6.45, 7) is 3.71. The average molecular weight is 255 g/mol. The molecule has 1 aliphatic rings. The van der Waals surface area contributed by atoms with Crippen LogP contribution in [0.1, 0.15) is 31.7 Å². The molecule has 1 saturated heterocycles. The van der Waals surface area contributed by atoms with Crippen LogP contribution in [0.4, 0.5) is 0 Å². The fraction of sp³-hybridized carbons (Fsp3) is 0.615. The van der Waals surface area contributed by atoms with Gasteiger partial charge in [-0.25, -0.2) is 0 Å². The number of likely N-dealkylation sites (tertiary alicyclic amines) is 1. The number of hydrogen-bond acceptors (Lipinski definition) is 3. The number of pyridine rings is 1. The summed E-state index contributed by atoms with van der Waals surface area (Å²) in [5.41, 5.74) is 1.09. The van der Waals surface area contributed by atoms with Crippen molar-refractivity contribution in [1.82, 2.24) is 9.88 Å². The lowest BCUT2D eigenvalue weighted by Crippen LogP contribution is -2.45. The molecule has 0 saturated carbocycles. The normalized spacial score (nSPS) is 23.6. The van der Waals surface area contributed by atoms with Gasteiger partial charge in [0.05, 0.1) is 11.1 Å². The molecule has 94 valence electrons. The molecule has 1 fully saturated rings. The highest BCUT2D eigenvalue weighted by Crippen LogP contribution is 2.24. The number of aliphatic hydroxyl groups excluding tert-OH is 1. The minimum atomic E-state index is -0.282. The molecular weight excluding hydrogens is 236 g/mol. The number of nitrogens with zero attached hydrogens (tertiary/aromatic N) is 2. The minimum absolute atomic E-state index is 0.257. The number of aliphatic hydroxyl groups is 1. The lowest BCUT2D eigenvalue weighted by Gasteiger charge is -2.37. The Morgan fingerprint density at radius 1 is 1.59 bits per heavy atom. The molecule has 0 amide bonds. The quantitative estimate of drug-likeness (QED) is 0.900. The van der Waals surface area contributed by atoms with Crippen molar-refractivity contribution in [2.24, 2.45) is 0 Å². The molecule has 1 aromatic rings. The van der Waals surface area contributed by atoms with E-state index in [2.05, 4.69) is 9.88 Å². The van der Waals surface area contributed by atoms with Crippen molar-refractivity contribution < 1.29 is 5.11 Å². The molecule has 1 aromatic heterocycles. The van der Waals surface area contributed by atoms with Crippen LogP contribution in [0.5, 0.6) is 0 Å². The Hall–Kier alpha value is -0.640. The van der Waals surface area contributed by atoms with E-state index in [1.807, 2.05) is 13.0 Å². The van der Waals surface area contributed by atoms with Gasteiger partial charge in [-0.1, -0.05) is 18.0 Å². The van der Waals surface area contributed by atoms with Gasteiger partial charge in [-0.05, 0) is 37.9 Å². The first kappa shape index (κ1) is 12.8. The van der Waals surface area contributed by atoms with E-state index in [0.717, 1.165) is 25.1 Å². The van der Waals surface area contributed by atoms with Crippen LogP contribution >= 0.6 is 11.6 Å². The second-order valence-corrected chi connectivity index (χ2v) is 5.15. The van der Waals surface area contributed by atoms with Gasteiger partial charge >= 0.3 is 0 Å². The van der Waals surface area contributed by atoms with Crippen molar-refractivity contribution in [3.8, 4) is 0 Å². The van der Waals surface area contributed by atoms with E-state index in [9.17, 15) is 5.11 Å². The highest BCUT2D eigenvalue weighted by molar-refractivity contribution is 6.31. The maximum absolute atomic E-state index is 9.81. The fourth-order valence-electron chi connectivity index (χ4n) is 2.51. The molecule has 2 unspecified atom stereocenters. The van der Waals surface area contributed by atoms with Gasteiger partial charge < -0.3 is 5.11 Å². The first-order valence-corrected chi connectivity index (χ1v) is 6.57. The van der Waals surface area contributed by atoms with Crippen molar-refractivity contribution in [3.05, 3.63) is 29.0 Å². The third-order valence-electron chi connectivity index (χ3n) is 3.45. The molecular formula is C13H19ClN2O. The third-order valence-corrected chi connectivity index (χ3v) is 3.79. The monoisotopic (exact) mass is 254 g/mol. The Kier molecular flexibility index (Phi) is 4.37. The first-order chi connectivity index (χ1) is 8.18. The van der Waals surface area contributed by atoms with Crippen molar-refractivity contribution in [1.29, 1.82) is 0 Å². The van der Waals surface area contributed by atoms with Crippen LogP contribution in [0, 0.1) is 0 Å². The zero-order valence-corrected chi connectivity index (χ0v) is 10.9. The largest absolute Gasteiger partial charge is 0.392 e. The third kappa shape index (κ3) is 3.18. The smallest absolute Gasteiger partial charge is 0.0667 e. The SMILES string of the molecule is CC(O)C1CCCCN1Cc1ccncc1Cl. The Morgan fingerprint density at radius 2 is 2.41 bits per heavy atom. The summed E-state index contributed by atoms with van der Waals surface area (Å²) < 4.78 is 0. The lowest BCUT2D eigenvalue weighted by molar-refractivity contribution is 0.0317. The van der Waals surface area contributed by atoms with Crippen LogP contribution in [0.3, 0.4) is 0 Å². The minimum Gasteiger partial charge on any atom is -0.392 e. The Bertz CT molecular complexity index is 370. The van der Waals surface area contributed by atoms with Crippen molar-refractivity contribution in [2.45, 2.75) is 44.9 Å². The highest BCUT2D eigenvalue weighted by Gasteiger charge is 2.26. The van der Waals surface area contributed by atoms with E-state index in [1.54, 1.807) is 12.4 Å². The zero-order chi connectivity index (χ0) is 12.3. The summed E-state index contributed by atoms with van der Waals surface area (Å²) in [5, 5.41) is 10.5. The molecule has 1 N–H and O–H groups in total. The summed E-state index contributed by atoms with van der Waals surface area (Å²) in [7, 11) is 0. The van der Waals surface area contributed by atoms with Gasteiger partial charge in [0.25, 0.3) is 0 Å². The molecule has 2 heterocycles. The molecule has 17 heavy (non-hydrogen) atoms. The van der Waals surface area contributed by atoms with Crippen LogP contribution < -0.4 is 0 Å². The molecule has 0 aliphatic carbocycles.